The van der Waals surface area contributed by atoms with Gasteiger partial charge in [0.2, 0.25) is 0 Å². The summed E-state index contributed by atoms with van der Waals surface area (Å²) in [6.45, 7) is 5.25. The van der Waals surface area contributed by atoms with Crippen molar-refractivity contribution in [2.45, 2.75) is 26.3 Å². The van der Waals surface area contributed by atoms with E-state index in [1.54, 1.807) is 13.2 Å². The molecule has 4 nitrogen and oxygen atoms in total. The highest BCUT2D eigenvalue weighted by Gasteiger charge is 2.10. The second-order valence-electron chi connectivity index (χ2n) is 4.68. The predicted molar refractivity (Wildman–Crippen MR) is 71.9 cm³/mol. The van der Waals surface area contributed by atoms with Crippen molar-refractivity contribution in [3.8, 4) is 11.5 Å². The SMILES string of the molecule is COc1cc(C(C)NCC(C)CCO)ccc1O. The number of phenolic OH excluding ortho intramolecular Hbond substituents is 1. The quantitative estimate of drug-likeness (QED) is 0.696. The minimum Gasteiger partial charge on any atom is -0.504 e. The van der Waals surface area contributed by atoms with Gasteiger partial charge in [0, 0.05) is 12.6 Å². The van der Waals surface area contributed by atoms with E-state index in [-0.39, 0.29) is 18.4 Å². The third-order valence-electron chi connectivity index (χ3n) is 3.10. The molecule has 4 heteroatoms. The zero-order chi connectivity index (χ0) is 13.5. The van der Waals surface area contributed by atoms with E-state index in [1.807, 2.05) is 12.1 Å². The van der Waals surface area contributed by atoms with E-state index >= 15 is 0 Å². The van der Waals surface area contributed by atoms with Crippen molar-refractivity contribution in [2.24, 2.45) is 5.92 Å². The Bertz CT molecular complexity index is 368. The van der Waals surface area contributed by atoms with Crippen LogP contribution in [0.4, 0.5) is 0 Å². The first kappa shape index (κ1) is 14.8. The fourth-order valence-corrected chi connectivity index (χ4v) is 1.78. The average Bonchev–Trinajstić information content (AvgIpc) is 2.37. The van der Waals surface area contributed by atoms with Crippen molar-refractivity contribution < 1.29 is 14.9 Å². The maximum atomic E-state index is 9.53. The molecule has 1 aromatic rings. The molecule has 0 radical (unpaired) electrons. The van der Waals surface area contributed by atoms with Gasteiger partial charge in [-0.1, -0.05) is 13.0 Å². The van der Waals surface area contributed by atoms with Crippen LogP contribution in [-0.2, 0) is 0 Å². The van der Waals surface area contributed by atoms with Crippen LogP contribution in [0.15, 0.2) is 18.2 Å². The van der Waals surface area contributed by atoms with Gasteiger partial charge < -0.3 is 20.3 Å². The maximum absolute atomic E-state index is 9.53. The Labute approximate surface area is 109 Å². The zero-order valence-corrected chi connectivity index (χ0v) is 11.3. The Morgan fingerprint density at radius 2 is 2.06 bits per heavy atom. The molecule has 0 saturated carbocycles. The maximum Gasteiger partial charge on any atom is 0.160 e. The summed E-state index contributed by atoms with van der Waals surface area (Å²) >= 11 is 0. The smallest absolute Gasteiger partial charge is 0.160 e. The molecule has 2 atom stereocenters. The Morgan fingerprint density at radius 1 is 1.33 bits per heavy atom. The van der Waals surface area contributed by atoms with E-state index < -0.39 is 0 Å². The normalized spacial score (nSPS) is 14.2. The number of hydrogen-bond acceptors (Lipinski definition) is 4. The lowest BCUT2D eigenvalue weighted by Gasteiger charge is -2.18. The molecule has 0 saturated heterocycles. The molecule has 2 unspecified atom stereocenters. The Hall–Kier alpha value is -1.26. The van der Waals surface area contributed by atoms with Crippen LogP contribution < -0.4 is 10.1 Å². The number of methoxy groups -OCH3 is 1. The number of benzene rings is 1. The van der Waals surface area contributed by atoms with Crippen molar-refractivity contribution in [2.75, 3.05) is 20.3 Å². The minimum absolute atomic E-state index is 0.155. The molecule has 0 amide bonds. The number of aliphatic hydroxyl groups excluding tert-OH is 1. The van der Waals surface area contributed by atoms with Gasteiger partial charge in [-0.15, -0.1) is 0 Å². The molecule has 0 aromatic heterocycles. The van der Waals surface area contributed by atoms with Gasteiger partial charge in [0.05, 0.1) is 7.11 Å². The van der Waals surface area contributed by atoms with Gasteiger partial charge in [0.1, 0.15) is 0 Å². The fourth-order valence-electron chi connectivity index (χ4n) is 1.78. The number of nitrogens with one attached hydrogen (secondary N) is 1. The summed E-state index contributed by atoms with van der Waals surface area (Å²) in [6, 6.07) is 5.54. The molecule has 18 heavy (non-hydrogen) atoms. The molecule has 0 spiro atoms. The van der Waals surface area contributed by atoms with Crippen molar-refractivity contribution in [1.29, 1.82) is 0 Å². The van der Waals surface area contributed by atoms with Crippen LogP contribution in [0.5, 0.6) is 11.5 Å². The molecule has 1 aromatic carbocycles. The number of rotatable bonds is 7. The van der Waals surface area contributed by atoms with Gasteiger partial charge in [-0.2, -0.15) is 0 Å². The van der Waals surface area contributed by atoms with Gasteiger partial charge >= 0.3 is 0 Å². The predicted octanol–water partition coefficient (Wildman–Crippen LogP) is 2.07. The average molecular weight is 253 g/mol. The van der Waals surface area contributed by atoms with E-state index in [0.717, 1.165) is 18.5 Å². The summed E-state index contributed by atoms with van der Waals surface area (Å²) in [4.78, 5) is 0. The highest BCUT2D eigenvalue weighted by molar-refractivity contribution is 5.42. The zero-order valence-electron chi connectivity index (χ0n) is 11.3. The molecule has 0 aliphatic rings. The summed E-state index contributed by atoms with van der Waals surface area (Å²) < 4.78 is 5.09. The summed E-state index contributed by atoms with van der Waals surface area (Å²) in [5.41, 5.74) is 1.07. The highest BCUT2D eigenvalue weighted by atomic mass is 16.5. The third-order valence-corrected chi connectivity index (χ3v) is 3.10. The Kier molecular flexibility index (Phi) is 5.95. The van der Waals surface area contributed by atoms with E-state index in [9.17, 15) is 5.11 Å². The van der Waals surface area contributed by atoms with E-state index in [0.29, 0.717) is 11.7 Å². The first-order valence-corrected chi connectivity index (χ1v) is 6.29. The molecule has 3 N–H and O–H groups in total. The highest BCUT2D eigenvalue weighted by Crippen LogP contribution is 2.28. The van der Waals surface area contributed by atoms with Crippen LogP contribution in [0.25, 0.3) is 0 Å². The van der Waals surface area contributed by atoms with Crippen LogP contribution in [0, 0.1) is 5.92 Å². The number of hydrogen-bond donors (Lipinski definition) is 3. The summed E-state index contributed by atoms with van der Waals surface area (Å²) in [7, 11) is 1.54. The van der Waals surface area contributed by atoms with E-state index in [4.69, 9.17) is 9.84 Å². The number of phenols is 1. The van der Waals surface area contributed by atoms with Crippen molar-refractivity contribution in [3.05, 3.63) is 23.8 Å². The largest absolute Gasteiger partial charge is 0.504 e. The molecule has 0 aliphatic heterocycles. The van der Waals surface area contributed by atoms with Gasteiger partial charge in [-0.3, -0.25) is 0 Å². The van der Waals surface area contributed by atoms with Gasteiger partial charge in [-0.05, 0) is 43.5 Å². The van der Waals surface area contributed by atoms with E-state index in [2.05, 4.69) is 19.2 Å². The number of aliphatic hydroxyl groups is 1. The van der Waals surface area contributed by atoms with Crippen LogP contribution in [-0.4, -0.2) is 30.5 Å². The van der Waals surface area contributed by atoms with Gasteiger partial charge in [0.15, 0.2) is 11.5 Å². The first-order valence-electron chi connectivity index (χ1n) is 6.29. The summed E-state index contributed by atoms with van der Waals surface area (Å²) in [5, 5.41) is 21.8. The molecular formula is C14H23NO3. The monoisotopic (exact) mass is 253 g/mol. The van der Waals surface area contributed by atoms with Crippen molar-refractivity contribution >= 4 is 0 Å². The first-order chi connectivity index (χ1) is 8.58. The lowest BCUT2D eigenvalue weighted by molar-refractivity contribution is 0.258. The van der Waals surface area contributed by atoms with Crippen molar-refractivity contribution in [1.82, 2.24) is 5.32 Å². The third kappa shape index (κ3) is 4.20. The summed E-state index contributed by atoms with van der Waals surface area (Å²) in [6.07, 6.45) is 0.804. The summed E-state index contributed by atoms with van der Waals surface area (Å²) in [5.74, 6) is 1.09. The van der Waals surface area contributed by atoms with Crippen LogP contribution in [0.3, 0.4) is 0 Å². The molecule has 102 valence electrons. The van der Waals surface area contributed by atoms with Crippen LogP contribution in [0.2, 0.25) is 0 Å². The minimum atomic E-state index is 0.155. The van der Waals surface area contributed by atoms with Gasteiger partial charge in [-0.25, -0.2) is 0 Å². The molecule has 0 bridgehead atoms. The van der Waals surface area contributed by atoms with Crippen LogP contribution in [0.1, 0.15) is 31.9 Å². The molecule has 0 heterocycles. The van der Waals surface area contributed by atoms with Crippen LogP contribution >= 0.6 is 0 Å². The Morgan fingerprint density at radius 3 is 2.67 bits per heavy atom. The van der Waals surface area contributed by atoms with Crippen molar-refractivity contribution in [3.63, 3.8) is 0 Å². The lowest BCUT2D eigenvalue weighted by Crippen LogP contribution is -2.25. The van der Waals surface area contributed by atoms with E-state index in [1.165, 1.54) is 0 Å². The topological polar surface area (TPSA) is 61.7 Å². The molecule has 0 aliphatic carbocycles. The molecule has 0 fully saturated rings. The number of aromatic hydroxyl groups is 1. The Balaban J connectivity index is 2.58. The fraction of sp³-hybridized carbons (Fsp3) is 0.571. The second-order valence-corrected chi connectivity index (χ2v) is 4.68. The lowest BCUT2D eigenvalue weighted by atomic mass is 10.1. The van der Waals surface area contributed by atoms with Gasteiger partial charge in [0.25, 0.3) is 0 Å². The molecular weight excluding hydrogens is 230 g/mol. The second kappa shape index (κ2) is 7.24. The standard InChI is InChI=1S/C14H23NO3/c1-10(6-7-16)9-15-11(2)12-4-5-13(17)14(8-12)18-3/h4-5,8,10-11,15-17H,6-7,9H2,1-3H3. The molecule has 1 rings (SSSR count). The number of ether oxygens (including phenoxy) is 1.